The molecule has 0 amide bonds. The van der Waals surface area contributed by atoms with Crippen molar-refractivity contribution in [2.24, 2.45) is 0 Å². The summed E-state index contributed by atoms with van der Waals surface area (Å²) in [5.74, 6) is 1.44. The largest absolute Gasteiger partial charge is 0.316 e. The Morgan fingerprint density at radius 3 is 3.17 bits per heavy atom. The first-order valence-corrected chi connectivity index (χ1v) is 6.39. The number of hydrogen-bond acceptors (Lipinski definition) is 3. The van der Waals surface area contributed by atoms with E-state index < -0.39 is 0 Å². The highest BCUT2D eigenvalue weighted by molar-refractivity contribution is 5.64. The molecule has 0 aliphatic carbocycles. The third-order valence-corrected chi connectivity index (χ3v) is 3.66. The Labute approximate surface area is 106 Å². The van der Waals surface area contributed by atoms with Gasteiger partial charge in [-0.05, 0) is 37.9 Å². The van der Waals surface area contributed by atoms with Gasteiger partial charge in [-0.15, -0.1) is 0 Å². The molecule has 2 aromatic rings. The van der Waals surface area contributed by atoms with Gasteiger partial charge in [0, 0.05) is 18.7 Å². The van der Waals surface area contributed by atoms with Gasteiger partial charge in [-0.2, -0.15) is 5.26 Å². The van der Waals surface area contributed by atoms with Crippen LogP contribution in [0, 0.1) is 18.3 Å². The molecule has 0 spiro atoms. The van der Waals surface area contributed by atoms with Crippen LogP contribution < -0.4 is 5.32 Å². The van der Waals surface area contributed by atoms with Crippen molar-refractivity contribution in [2.45, 2.75) is 25.7 Å². The summed E-state index contributed by atoms with van der Waals surface area (Å²) in [5.41, 5.74) is 2.62. The van der Waals surface area contributed by atoms with Crippen LogP contribution in [0.3, 0.4) is 0 Å². The number of nitriles is 1. The van der Waals surface area contributed by atoms with Crippen LogP contribution in [0.1, 0.15) is 35.8 Å². The first kappa shape index (κ1) is 11.2. The van der Waals surface area contributed by atoms with E-state index in [1.165, 1.54) is 6.42 Å². The van der Waals surface area contributed by atoms with E-state index in [0.29, 0.717) is 11.6 Å². The van der Waals surface area contributed by atoms with E-state index in [2.05, 4.69) is 20.8 Å². The van der Waals surface area contributed by atoms with Crippen molar-refractivity contribution in [3.63, 3.8) is 0 Å². The Balaban J connectivity index is 2.18. The summed E-state index contributed by atoms with van der Waals surface area (Å²) in [5, 5.41) is 12.6. The van der Waals surface area contributed by atoms with Crippen LogP contribution in [0.4, 0.5) is 0 Å². The van der Waals surface area contributed by atoms with Crippen LogP contribution in [0.5, 0.6) is 0 Å². The smallest absolute Gasteiger partial charge is 0.166 e. The summed E-state index contributed by atoms with van der Waals surface area (Å²) in [4.78, 5) is 4.55. The number of imidazole rings is 1. The quantitative estimate of drug-likeness (QED) is 0.829. The molecule has 18 heavy (non-hydrogen) atoms. The molecule has 1 unspecified atom stereocenters. The number of pyridine rings is 1. The van der Waals surface area contributed by atoms with E-state index in [1.807, 2.05) is 25.3 Å². The average molecular weight is 240 g/mol. The molecular weight excluding hydrogens is 224 g/mol. The maximum atomic E-state index is 9.23. The summed E-state index contributed by atoms with van der Waals surface area (Å²) in [6, 6.07) is 6.27. The molecule has 1 fully saturated rings. The Bertz CT molecular complexity index is 614. The molecule has 92 valence electrons. The summed E-state index contributed by atoms with van der Waals surface area (Å²) < 4.78 is 2.09. The van der Waals surface area contributed by atoms with Crippen LogP contribution in [-0.4, -0.2) is 22.5 Å². The molecule has 0 bridgehead atoms. The van der Waals surface area contributed by atoms with Crippen LogP contribution >= 0.6 is 0 Å². The van der Waals surface area contributed by atoms with E-state index in [-0.39, 0.29) is 0 Å². The normalized spacial score (nSPS) is 19.9. The summed E-state index contributed by atoms with van der Waals surface area (Å²) in [6.45, 7) is 4.07. The second-order valence-electron chi connectivity index (χ2n) is 4.88. The molecule has 3 rings (SSSR count). The summed E-state index contributed by atoms with van der Waals surface area (Å²) in [7, 11) is 0. The van der Waals surface area contributed by atoms with Gasteiger partial charge in [0.2, 0.25) is 0 Å². The summed E-state index contributed by atoms with van der Waals surface area (Å²) in [6.07, 6.45) is 4.33. The minimum absolute atomic E-state index is 0.412. The summed E-state index contributed by atoms with van der Waals surface area (Å²) >= 11 is 0. The Morgan fingerprint density at radius 1 is 1.56 bits per heavy atom. The monoisotopic (exact) mass is 240 g/mol. The Hall–Kier alpha value is -1.86. The average Bonchev–Trinajstić information content (AvgIpc) is 2.80. The molecule has 4 heteroatoms. The first-order valence-electron chi connectivity index (χ1n) is 6.39. The fourth-order valence-corrected chi connectivity index (χ4v) is 2.77. The topological polar surface area (TPSA) is 53.1 Å². The molecule has 0 saturated carbocycles. The lowest BCUT2D eigenvalue weighted by molar-refractivity contribution is 0.445. The van der Waals surface area contributed by atoms with Crippen molar-refractivity contribution in [1.82, 2.24) is 14.7 Å². The minimum Gasteiger partial charge on any atom is -0.316 e. The molecule has 1 aliphatic rings. The lowest BCUT2D eigenvalue weighted by atomic mass is 9.99. The van der Waals surface area contributed by atoms with Gasteiger partial charge in [-0.25, -0.2) is 4.98 Å². The van der Waals surface area contributed by atoms with E-state index in [1.54, 1.807) is 0 Å². The zero-order valence-corrected chi connectivity index (χ0v) is 10.5. The predicted molar refractivity (Wildman–Crippen MR) is 69.5 cm³/mol. The van der Waals surface area contributed by atoms with Gasteiger partial charge in [0.25, 0.3) is 0 Å². The fourth-order valence-electron chi connectivity index (χ4n) is 2.77. The fraction of sp³-hybridized carbons (Fsp3) is 0.429. The Kier molecular flexibility index (Phi) is 2.77. The van der Waals surface area contributed by atoms with Gasteiger partial charge >= 0.3 is 0 Å². The zero-order valence-electron chi connectivity index (χ0n) is 10.5. The molecule has 1 N–H and O–H groups in total. The molecular formula is C14H16N4. The third kappa shape index (κ3) is 1.68. The van der Waals surface area contributed by atoms with Crippen LogP contribution in [0.15, 0.2) is 18.3 Å². The van der Waals surface area contributed by atoms with E-state index in [9.17, 15) is 5.26 Å². The van der Waals surface area contributed by atoms with Crippen molar-refractivity contribution in [1.29, 1.82) is 5.26 Å². The highest BCUT2D eigenvalue weighted by Crippen LogP contribution is 2.26. The standard InChI is InChI=1S/C14H16N4/c1-10-4-3-7-18-13(10)12(8-15)17-14(18)11-5-2-6-16-9-11/h3-4,7,11,16H,2,5-6,9H2,1H3. The SMILES string of the molecule is Cc1cccn2c(C3CCCNC3)nc(C#N)c12. The molecule has 3 heterocycles. The molecule has 1 atom stereocenters. The van der Waals surface area contributed by atoms with Gasteiger partial charge in [0.05, 0.1) is 5.52 Å². The molecule has 0 aromatic carbocycles. The Morgan fingerprint density at radius 2 is 2.44 bits per heavy atom. The molecule has 0 radical (unpaired) electrons. The number of piperidine rings is 1. The number of aryl methyl sites for hydroxylation is 1. The van der Waals surface area contributed by atoms with Crippen molar-refractivity contribution in [3.8, 4) is 6.07 Å². The lowest BCUT2D eigenvalue weighted by Gasteiger charge is -2.21. The van der Waals surface area contributed by atoms with Crippen LogP contribution in [0.2, 0.25) is 0 Å². The molecule has 4 nitrogen and oxygen atoms in total. The van der Waals surface area contributed by atoms with Gasteiger partial charge in [-0.1, -0.05) is 6.07 Å². The number of rotatable bonds is 1. The number of nitrogens with one attached hydrogen (secondary N) is 1. The maximum Gasteiger partial charge on any atom is 0.166 e. The number of fused-ring (bicyclic) bond motifs is 1. The molecule has 1 aliphatic heterocycles. The van der Waals surface area contributed by atoms with Gasteiger partial charge < -0.3 is 9.72 Å². The minimum atomic E-state index is 0.412. The predicted octanol–water partition coefficient (Wildman–Crippen LogP) is 1.98. The van der Waals surface area contributed by atoms with Crippen molar-refractivity contribution >= 4 is 5.52 Å². The number of aromatic nitrogens is 2. The van der Waals surface area contributed by atoms with Crippen molar-refractivity contribution in [3.05, 3.63) is 35.4 Å². The number of nitrogens with zero attached hydrogens (tertiary/aromatic N) is 3. The number of hydrogen-bond donors (Lipinski definition) is 1. The van der Waals surface area contributed by atoms with Gasteiger partial charge in [-0.3, -0.25) is 0 Å². The highest BCUT2D eigenvalue weighted by Gasteiger charge is 2.22. The van der Waals surface area contributed by atoms with E-state index >= 15 is 0 Å². The van der Waals surface area contributed by atoms with E-state index in [4.69, 9.17) is 0 Å². The molecule has 2 aromatic heterocycles. The van der Waals surface area contributed by atoms with Crippen LogP contribution in [-0.2, 0) is 0 Å². The lowest BCUT2D eigenvalue weighted by Crippen LogP contribution is -2.29. The second-order valence-corrected chi connectivity index (χ2v) is 4.88. The first-order chi connectivity index (χ1) is 8.81. The van der Waals surface area contributed by atoms with Crippen molar-refractivity contribution in [2.75, 3.05) is 13.1 Å². The van der Waals surface area contributed by atoms with E-state index in [0.717, 1.165) is 36.4 Å². The van der Waals surface area contributed by atoms with Crippen LogP contribution in [0.25, 0.3) is 5.52 Å². The maximum absolute atomic E-state index is 9.23. The highest BCUT2D eigenvalue weighted by atomic mass is 15.0. The third-order valence-electron chi connectivity index (χ3n) is 3.66. The van der Waals surface area contributed by atoms with Gasteiger partial charge in [0.15, 0.2) is 5.69 Å². The zero-order chi connectivity index (χ0) is 12.5. The second kappa shape index (κ2) is 4.43. The van der Waals surface area contributed by atoms with Crippen molar-refractivity contribution < 1.29 is 0 Å². The molecule has 1 saturated heterocycles. The van der Waals surface area contributed by atoms with Gasteiger partial charge in [0.1, 0.15) is 11.9 Å².